The van der Waals surface area contributed by atoms with E-state index in [-0.39, 0.29) is 6.10 Å². The molecule has 1 heterocycles. The Morgan fingerprint density at radius 2 is 2.00 bits per heavy atom. The molecule has 1 aromatic heterocycles. The third-order valence-electron chi connectivity index (χ3n) is 2.62. The summed E-state index contributed by atoms with van der Waals surface area (Å²) in [7, 11) is 1.63. The summed E-state index contributed by atoms with van der Waals surface area (Å²) >= 11 is 0. The van der Waals surface area contributed by atoms with Crippen molar-refractivity contribution in [2.45, 2.75) is 26.9 Å². The van der Waals surface area contributed by atoms with E-state index in [1.165, 1.54) is 0 Å². The highest BCUT2D eigenvalue weighted by molar-refractivity contribution is 5.90. The highest BCUT2D eigenvalue weighted by Gasteiger charge is 2.12. The van der Waals surface area contributed by atoms with E-state index in [0.29, 0.717) is 18.2 Å². The molecule has 4 nitrogen and oxygen atoms in total. The van der Waals surface area contributed by atoms with Gasteiger partial charge in [0.25, 0.3) is 0 Å². The number of methoxy groups -OCH3 is 1. The smallest absolute Gasteiger partial charge is 0.217 e. The molecule has 1 aromatic carbocycles. The Bertz CT molecular complexity index is 567. The monoisotopic (exact) mass is 261 g/mol. The van der Waals surface area contributed by atoms with Gasteiger partial charge >= 0.3 is 0 Å². The van der Waals surface area contributed by atoms with Crippen LogP contribution in [-0.4, -0.2) is 24.8 Å². The van der Waals surface area contributed by atoms with Gasteiger partial charge in [-0.3, -0.25) is 0 Å². The van der Waals surface area contributed by atoms with Crippen LogP contribution in [-0.2, 0) is 0 Å². The van der Waals surface area contributed by atoms with Crippen molar-refractivity contribution in [2.24, 2.45) is 0 Å². The summed E-state index contributed by atoms with van der Waals surface area (Å²) < 4.78 is 16.7. The third kappa shape index (κ3) is 2.89. The molecule has 0 aliphatic heterocycles. The Morgan fingerprint density at radius 3 is 2.63 bits per heavy atom. The maximum absolute atomic E-state index is 5.84. The topological polar surface area (TPSA) is 40.6 Å². The molecule has 0 saturated carbocycles. The fourth-order valence-electron chi connectivity index (χ4n) is 1.91. The summed E-state index contributed by atoms with van der Waals surface area (Å²) in [6.45, 7) is 6.48. The van der Waals surface area contributed by atoms with Gasteiger partial charge in [-0.05, 0) is 32.9 Å². The van der Waals surface area contributed by atoms with Gasteiger partial charge in [0.1, 0.15) is 17.0 Å². The lowest BCUT2D eigenvalue weighted by atomic mass is 10.2. The van der Waals surface area contributed by atoms with Gasteiger partial charge in [0.2, 0.25) is 5.88 Å². The Labute approximate surface area is 113 Å². The Kier molecular flexibility index (Phi) is 4.10. The zero-order chi connectivity index (χ0) is 13.8. The average molecular weight is 261 g/mol. The van der Waals surface area contributed by atoms with E-state index in [2.05, 4.69) is 4.98 Å². The molecule has 0 fully saturated rings. The van der Waals surface area contributed by atoms with Crippen molar-refractivity contribution in [3.63, 3.8) is 0 Å². The minimum atomic E-state index is 0.0891. The van der Waals surface area contributed by atoms with Gasteiger partial charge in [-0.1, -0.05) is 6.07 Å². The van der Waals surface area contributed by atoms with Gasteiger partial charge in [0, 0.05) is 11.5 Å². The molecule has 0 radical (unpaired) electrons. The summed E-state index contributed by atoms with van der Waals surface area (Å²) in [5.41, 5.74) is 0.756. The Balaban J connectivity index is 2.63. The van der Waals surface area contributed by atoms with Gasteiger partial charge in [0.05, 0.1) is 19.8 Å². The van der Waals surface area contributed by atoms with E-state index < -0.39 is 0 Å². The fraction of sp³-hybridized carbons (Fsp3) is 0.400. The number of ether oxygens (including phenoxy) is 3. The zero-order valence-electron chi connectivity index (χ0n) is 11.8. The normalized spacial score (nSPS) is 10.8. The van der Waals surface area contributed by atoms with Crippen LogP contribution in [0.3, 0.4) is 0 Å². The van der Waals surface area contributed by atoms with E-state index >= 15 is 0 Å². The average Bonchev–Trinajstić information content (AvgIpc) is 2.38. The second kappa shape index (κ2) is 5.78. The number of nitrogens with zero attached hydrogens (tertiary/aromatic N) is 1. The van der Waals surface area contributed by atoms with Crippen LogP contribution in [0.2, 0.25) is 0 Å². The van der Waals surface area contributed by atoms with E-state index in [9.17, 15) is 0 Å². The lowest BCUT2D eigenvalue weighted by Crippen LogP contribution is -2.07. The number of pyridine rings is 1. The molecule has 2 rings (SSSR count). The van der Waals surface area contributed by atoms with Crippen molar-refractivity contribution in [3.8, 4) is 17.4 Å². The SMILES string of the molecule is CCOc1cc(OC(C)C)c2cccc(OC)c2n1. The highest BCUT2D eigenvalue weighted by atomic mass is 16.5. The molecule has 0 saturated heterocycles. The van der Waals surface area contributed by atoms with Gasteiger partial charge in [-0.2, -0.15) is 0 Å². The molecule has 0 atom stereocenters. The van der Waals surface area contributed by atoms with E-state index in [1.54, 1.807) is 7.11 Å². The van der Waals surface area contributed by atoms with Gasteiger partial charge in [0.15, 0.2) is 0 Å². The first-order valence-corrected chi connectivity index (χ1v) is 6.43. The van der Waals surface area contributed by atoms with Crippen LogP contribution in [0, 0.1) is 0 Å². The van der Waals surface area contributed by atoms with Crippen LogP contribution in [0.1, 0.15) is 20.8 Å². The number of fused-ring (bicyclic) bond motifs is 1. The molecule has 0 amide bonds. The van der Waals surface area contributed by atoms with E-state index in [4.69, 9.17) is 14.2 Å². The lowest BCUT2D eigenvalue weighted by Gasteiger charge is -2.15. The second-order valence-electron chi connectivity index (χ2n) is 4.41. The Hall–Kier alpha value is -1.97. The van der Waals surface area contributed by atoms with Crippen LogP contribution < -0.4 is 14.2 Å². The quantitative estimate of drug-likeness (QED) is 0.826. The number of hydrogen-bond donors (Lipinski definition) is 0. The maximum atomic E-state index is 5.84. The van der Waals surface area contributed by atoms with Crippen LogP contribution in [0.5, 0.6) is 17.4 Å². The molecule has 0 unspecified atom stereocenters. The molecular formula is C15H19NO3. The third-order valence-corrected chi connectivity index (χ3v) is 2.62. The summed E-state index contributed by atoms with van der Waals surface area (Å²) in [5, 5.41) is 0.927. The number of aromatic nitrogens is 1. The van der Waals surface area contributed by atoms with Crippen molar-refractivity contribution < 1.29 is 14.2 Å². The molecule has 0 aliphatic rings. The first kappa shape index (κ1) is 13.5. The summed E-state index contributed by atoms with van der Waals surface area (Å²) in [6.07, 6.45) is 0.0891. The summed E-state index contributed by atoms with van der Waals surface area (Å²) in [4.78, 5) is 4.48. The van der Waals surface area contributed by atoms with Crippen molar-refractivity contribution >= 4 is 10.9 Å². The van der Waals surface area contributed by atoms with Gasteiger partial charge < -0.3 is 14.2 Å². The molecule has 0 bridgehead atoms. The minimum Gasteiger partial charge on any atom is -0.494 e. The molecule has 19 heavy (non-hydrogen) atoms. The van der Waals surface area contributed by atoms with Crippen LogP contribution in [0.25, 0.3) is 10.9 Å². The lowest BCUT2D eigenvalue weighted by molar-refractivity contribution is 0.243. The Morgan fingerprint density at radius 1 is 1.21 bits per heavy atom. The fourth-order valence-corrected chi connectivity index (χ4v) is 1.91. The van der Waals surface area contributed by atoms with Gasteiger partial charge in [-0.15, -0.1) is 0 Å². The molecule has 102 valence electrons. The van der Waals surface area contributed by atoms with E-state index in [0.717, 1.165) is 16.7 Å². The van der Waals surface area contributed by atoms with Crippen molar-refractivity contribution in [3.05, 3.63) is 24.3 Å². The molecule has 0 spiro atoms. The molecule has 0 N–H and O–H groups in total. The number of para-hydroxylation sites is 1. The predicted octanol–water partition coefficient (Wildman–Crippen LogP) is 3.43. The summed E-state index contributed by atoms with van der Waals surface area (Å²) in [5.74, 6) is 2.03. The van der Waals surface area contributed by atoms with Crippen molar-refractivity contribution in [1.82, 2.24) is 4.98 Å². The zero-order valence-corrected chi connectivity index (χ0v) is 11.8. The van der Waals surface area contributed by atoms with E-state index in [1.807, 2.05) is 45.0 Å². The van der Waals surface area contributed by atoms with Crippen LogP contribution in [0.15, 0.2) is 24.3 Å². The van der Waals surface area contributed by atoms with Crippen LogP contribution in [0.4, 0.5) is 0 Å². The van der Waals surface area contributed by atoms with Crippen LogP contribution >= 0.6 is 0 Å². The maximum Gasteiger partial charge on any atom is 0.217 e. The number of benzene rings is 1. The first-order valence-electron chi connectivity index (χ1n) is 6.43. The largest absolute Gasteiger partial charge is 0.494 e. The van der Waals surface area contributed by atoms with Gasteiger partial charge in [-0.25, -0.2) is 4.98 Å². The number of hydrogen-bond acceptors (Lipinski definition) is 4. The predicted molar refractivity (Wildman–Crippen MR) is 75.2 cm³/mol. The molecule has 2 aromatic rings. The molecule has 4 heteroatoms. The molecule has 0 aliphatic carbocycles. The standard InChI is InChI=1S/C15H19NO3/c1-5-18-14-9-13(19-10(2)3)11-7-6-8-12(17-4)15(11)16-14/h6-10H,5H2,1-4H3. The number of rotatable bonds is 5. The second-order valence-corrected chi connectivity index (χ2v) is 4.41. The van der Waals surface area contributed by atoms with Crippen molar-refractivity contribution in [1.29, 1.82) is 0 Å². The summed E-state index contributed by atoms with van der Waals surface area (Å²) in [6, 6.07) is 7.60. The molecular weight excluding hydrogens is 242 g/mol. The highest BCUT2D eigenvalue weighted by Crippen LogP contribution is 2.34. The van der Waals surface area contributed by atoms with Crippen molar-refractivity contribution in [2.75, 3.05) is 13.7 Å². The first-order chi connectivity index (χ1) is 9.15. The minimum absolute atomic E-state index is 0.0891.